The van der Waals surface area contributed by atoms with Gasteiger partial charge >= 0.3 is 0 Å². The van der Waals surface area contributed by atoms with Gasteiger partial charge in [-0.05, 0) is 26.3 Å². The van der Waals surface area contributed by atoms with Crippen LogP contribution in [0.5, 0.6) is 0 Å². The van der Waals surface area contributed by atoms with E-state index in [1.165, 1.54) is 0 Å². The Morgan fingerprint density at radius 3 is 3.05 bits per heavy atom. The summed E-state index contributed by atoms with van der Waals surface area (Å²) in [5, 5.41) is 0. The van der Waals surface area contributed by atoms with Crippen LogP contribution >= 0.6 is 11.8 Å². The average Bonchev–Trinajstić information content (AvgIpc) is 2.93. The van der Waals surface area contributed by atoms with Crippen molar-refractivity contribution >= 4 is 17.7 Å². The van der Waals surface area contributed by atoms with Crippen molar-refractivity contribution in [2.45, 2.75) is 31.1 Å². The van der Waals surface area contributed by atoms with E-state index >= 15 is 0 Å². The monoisotopic (exact) mass is 281 g/mol. The van der Waals surface area contributed by atoms with E-state index in [0.29, 0.717) is 11.9 Å². The van der Waals surface area contributed by atoms with E-state index < -0.39 is 0 Å². The third kappa shape index (κ3) is 2.30. The van der Waals surface area contributed by atoms with Crippen molar-refractivity contribution in [1.82, 2.24) is 4.90 Å². The lowest BCUT2D eigenvalue weighted by Gasteiger charge is -2.47. The predicted molar refractivity (Wildman–Crippen MR) is 74.6 cm³/mol. The lowest BCUT2D eigenvalue weighted by molar-refractivity contribution is 0.0340. The Hall–Kier alpha value is -0.940. The quantitative estimate of drug-likeness (QED) is 0.853. The zero-order valence-electron chi connectivity index (χ0n) is 11.3. The Kier molecular flexibility index (Phi) is 3.35. The number of ether oxygens (including phenoxy) is 1. The second-order valence-corrected chi connectivity index (χ2v) is 6.86. The first-order valence-electron chi connectivity index (χ1n) is 6.72. The fraction of sp³-hybridized carbons (Fsp3) is 0.643. The van der Waals surface area contributed by atoms with Crippen LogP contribution in [0.4, 0.5) is 0 Å². The maximum atomic E-state index is 12.2. The molecular formula is C14H19NO3S. The van der Waals surface area contributed by atoms with Gasteiger partial charge < -0.3 is 14.1 Å². The lowest BCUT2D eigenvalue weighted by Crippen LogP contribution is -2.60. The van der Waals surface area contributed by atoms with Crippen LogP contribution in [0.15, 0.2) is 16.7 Å². The van der Waals surface area contributed by atoms with Gasteiger partial charge in [0.2, 0.25) is 0 Å². The van der Waals surface area contributed by atoms with Gasteiger partial charge in [-0.3, -0.25) is 4.79 Å². The van der Waals surface area contributed by atoms with Crippen molar-refractivity contribution in [3.8, 4) is 0 Å². The highest BCUT2D eigenvalue weighted by molar-refractivity contribution is 8.01. The summed E-state index contributed by atoms with van der Waals surface area (Å²) in [7, 11) is 0. The van der Waals surface area contributed by atoms with Gasteiger partial charge in [-0.1, -0.05) is 0 Å². The van der Waals surface area contributed by atoms with Gasteiger partial charge in [-0.2, -0.15) is 0 Å². The molecule has 0 aliphatic carbocycles. The first-order chi connectivity index (χ1) is 9.13. The van der Waals surface area contributed by atoms with Gasteiger partial charge in [-0.25, -0.2) is 0 Å². The highest BCUT2D eigenvalue weighted by Crippen LogP contribution is 2.46. The van der Waals surface area contributed by atoms with Crippen molar-refractivity contribution in [1.29, 1.82) is 0 Å². The smallest absolute Gasteiger partial charge is 0.289 e. The largest absolute Gasteiger partial charge is 0.459 e. The fourth-order valence-electron chi connectivity index (χ4n) is 2.89. The van der Waals surface area contributed by atoms with Gasteiger partial charge in [0.25, 0.3) is 5.91 Å². The summed E-state index contributed by atoms with van der Waals surface area (Å²) in [6, 6.07) is 1.83. The molecule has 0 saturated carbocycles. The van der Waals surface area contributed by atoms with Gasteiger partial charge in [0.05, 0.1) is 17.1 Å². The van der Waals surface area contributed by atoms with Crippen LogP contribution in [0.1, 0.15) is 29.5 Å². The minimum atomic E-state index is 0.0218. The first-order valence-corrected chi connectivity index (χ1v) is 7.71. The topological polar surface area (TPSA) is 42.7 Å². The zero-order valence-corrected chi connectivity index (χ0v) is 12.2. The Balaban J connectivity index is 1.59. The van der Waals surface area contributed by atoms with E-state index in [0.717, 1.165) is 37.4 Å². The number of carbonyl (C=O) groups excluding carboxylic acids is 1. The van der Waals surface area contributed by atoms with E-state index in [2.05, 4.69) is 0 Å². The summed E-state index contributed by atoms with van der Waals surface area (Å²) < 4.78 is 11.2. The molecule has 1 atom stereocenters. The molecule has 0 aromatic carbocycles. The summed E-state index contributed by atoms with van der Waals surface area (Å²) in [6.45, 7) is 6.35. The van der Waals surface area contributed by atoms with Crippen molar-refractivity contribution in [3.63, 3.8) is 0 Å². The van der Waals surface area contributed by atoms with Crippen LogP contribution in [0.25, 0.3) is 0 Å². The molecule has 3 heterocycles. The third-order valence-electron chi connectivity index (χ3n) is 3.88. The Morgan fingerprint density at radius 1 is 1.63 bits per heavy atom. The molecule has 2 aliphatic rings. The molecule has 0 N–H and O–H groups in total. The number of thioether (sulfide) groups is 1. The maximum Gasteiger partial charge on any atom is 0.289 e. The third-order valence-corrected chi connectivity index (χ3v) is 5.45. The number of aryl methyl sites for hydroxylation is 1. The molecule has 2 fully saturated rings. The molecule has 1 aromatic heterocycles. The van der Waals surface area contributed by atoms with Crippen LogP contribution in [0, 0.1) is 6.92 Å². The number of carbonyl (C=O) groups is 1. The highest BCUT2D eigenvalue weighted by atomic mass is 32.2. The van der Waals surface area contributed by atoms with E-state index in [-0.39, 0.29) is 10.7 Å². The second-order valence-electron chi connectivity index (χ2n) is 5.37. The fourth-order valence-corrected chi connectivity index (χ4v) is 4.45. The molecule has 0 radical (unpaired) electrons. The van der Waals surface area contributed by atoms with Crippen LogP contribution in [-0.4, -0.2) is 47.1 Å². The standard InChI is InChI=1S/C14H19NO3S/c1-3-17-11-6-14(19-7-11)8-15(9-14)13(16)12-10(2)4-5-18-12/h4-5,11H,3,6-9H2,1-2H3. The Bertz CT molecular complexity index is 479. The number of hydrogen-bond acceptors (Lipinski definition) is 4. The number of furan rings is 1. The molecule has 19 heavy (non-hydrogen) atoms. The normalized spacial score (nSPS) is 24.7. The second kappa shape index (κ2) is 4.87. The molecule has 4 nitrogen and oxygen atoms in total. The SMILES string of the molecule is CCOC1CSC2(C1)CN(C(=O)c1occc1C)C2. The van der Waals surface area contributed by atoms with Crippen LogP contribution in [0.2, 0.25) is 0 Å². The van der Waals surface area contributed by atoms with Crippen molar-refractivity contribution in [3.05, 3.63) is 23.7 Å². The summed E-state index contributed by atoms with van der Waals surface area (Å²) in [4.78, 5) is 14.1. The van der Waals surface area contributed by atoms with Crippen LogP contribution < -0.4 is 0 Å². The molecule has 1 spiro atoms. The maximum absolute atomic E-state index is 12.2. The molecule has 5 heteroatoms. The number of rotatable bonds is 3. The van der Waals surface area contributed by atoms with Gasteiger partial charge in [-0.15, -0.1) is 11.8 Å². The molecule has 2 saturated heterocycles. The molecule has 0 bridgehead atoms. The number of hydrogen-bond donors (Lipinski definition) is 0. The minimum Gasteiger partial charge on any atom is -0.459 e. The highest BCUT2D eigenvalue weighted by Gasteiger charge is 2.51. The van der Waals surface area contributed by atoms with E-state index in [9.17, 15) is 4.79 Å². The minimum absolute atomic E-state index is 0.0218. The molecule has 1 aromatic rings. The first kappa shape index (κ1) is 13.1. The summed E-state index contributed by atoms with van der Waals surface area (Å²) in [5.74, 6) is 1.56. The van der Waals surface area contributed by atoms with Crippen molar-refractivity contribution < 1.29 is 13.9 Å². The summed E-state index contributed by atoms with van der Waals surface area (Å²) >= 11 is 1.95. The molecule has 1 amide bonds. The number of likely N-dealkylation sites (tertiary alicyclic amines) is 1. The number of amides is 1. The predicted octanol–water partition coefficient (Wildman–Crippen LogP) is 2.32. The van der Waals surface area contributed by atoms with E-state index in [4.69, 9.17) is 9.15 Å². The molecule has 2 aliphatic heterocycles. The van der Waals surface area contributed by atoms with Crippen LogP contribution in [0.3, 0.4) is 0 Å². The molecule has 3 rings (SSSR count). The summed E-state index contributed by atoms with van der Waals surface area (Å²) in [5.41, 5.74) is 0.914. The molecular weight excluding hydrogens is 262 g/mol. The van der Waals surface area contributed by atoms with Gasteiger partial charge in [0.15, 0.2) is 5.76 Å². The number of nitrogens with zero attached hydrogens (tertiary/aromatic N) is 1. The van der Waals surface area contributed by atoms with Gasteiger partial charge in [0, 0.05) is 31.0 Å². The Morgan fingerprint density at radius 2 is 2.42 bits per heavy atom. The van der Waals surface area contributed by atoms with Crippen molar-refractivity contribution in [2.24, 2.45) is 0 Å². The zero-order chi connectivity index (χ0) is 13.5. The van der Waals surface area contributed by atoms with Gasteiger partial charge in [0.1, 0.15) is 0 Å². The average molecular weight is 281 g/mol. The van der Waals surface area contributed by atoms with Crippen LogP contribution in [-0.2, 0) is 4.74 Å². The lowest BCUT2D eigenvalue weighted by atomic mass is 9.92. The van der Waals surface area contributed by atoms with Crippen molar-refractivity contribution in [2.75, 3.05) is 25.4 Å². The van der Waals surface area contributed by atoms with E-state index in [1.54, 1.807) is 6.26 Å². The summed E-state index contributed by atoms with van der Waals surface area (Å²) in [6.07, 6.45) is 3.00. The Labute approximate surface area is 117 Å². The molecule has 1 unspecified atom stereocenters. The molecule has 104 valence electrons. The van der Waals surface area contributed by atoms with E-state index in [1.807, 2.05) is 36.6 Å².